The fraction of sp³-hybridized carbons (Fsp3) is 0.333. The van der Waals surface area contributed by atoms with E-state index in [2.05, 4.69) is 4.98 Å². The highest BCUT2D eigenvalue weighted by Crippen LogP contribution is 2.25. The number of hydrogen-bond donors (Lipinski definition) is 1. The molecule has 0 saturated heterocycles. The van der Waals surface area contributed by atoms with Crippen LogP contribution >= 0.6 is 11.6 Å². The van der Waals surface area contributed by atoms with Gasteiger partial charge in [0.05, 0.1) is 11.3 Å². The summed E-state index contributed by atoms with van der Waals surface area (Å²) in [5.41, 5.74) is 0.144. The lowest BCUT2D eigenvalue weighted by Gasteiger charge is -2.07. The Bertz CT molecular complexity index is 436. The normalized spacial score (nSPS) is 12.1. The lowest BCUT2D eigenvalue weighted by molar-refractivity contribution is -0.385. The Morgan fingerprint density at radius 3 is 2.75 bits per heavy atom. The Kier molecular flexibility index (Phi) is 3.78. The van der Waals surface area contributed by atoms with Gasteiger partial charge in [-0.2, -0.15) is 0 Å². The molecule has 1 aromatic heterocycles. The standard InChI is InChI=1S/C9H9ClN2O4/c1-5(4-8(13)14)6-2-3-7(12(15)16)9(10)11-6/h2-3,5H,4H2,1H3,(H,13,14). The van der Waals surface area contributed by atoms with E-state index in [1.165, 1.54) is 12.1 Å². The van der Waals surface area contributed by atoms with E-state index in [0.717, 1.165) is 0 Å². The Hall–Kier alpha value is -1.69. The van der Waals surface area contributed by atoms with Crippen LogP contribution < -0.4 is 0 Å². The first kappa shape index (κ1) is 12.4. The summed E-state index contributed by atoms with van der Waals surface area (Å²) in [6, 6.07) is 2.64. The second kappa shape index (κ2) is 4.89. The molecule has 0 fully saturated rings. The molecule has 0 aromatic carbocycles. The van der Waals surface area contributed by atoms with E-state index in [0.29, 0.717) is 5.69 Å². The van der Waals surface area contributed by atoms with Crippen molar-refractivity contribution >= 4 is 23.3 Å². The van der Waals surface area contributed by atoms with Crippen molar-refractivity contribution in [2.45, 2.75) is 19.3 Å². The lowest BCUT2D eigenvalue weighted by Crippen LogP contribution is -2.05. The monoisotopic (exact) mass is 244 g/mol. The van der Waals surface area contributed by atoms with Crippen LogP contribution in [0, 0.1) is 10.1 Å². The number of aliphatic carboxylic acids is 1. The fourth-order valence-electron chi connectivity index (χ4n) is 1.22. The Balaban J connectivity index is 2.96. The average Bonchev–Trinajstić information content (AvgIpc) is 2.15. The van der Waals surface area contributed by atoms with Crippen molar-refractivity contribution in [2.24, 2.45) is 0 Å². The molecular weight excluding hydrogens is 236 g/mol. The molecule has 0 aliphatic rings. The molecule has 0 aliphatic carbocycles. The lowest BCUT2D eigenvalue weighted by atomic mass is 10.0. The topological polar surface area (TPSA) is 93.3 Å². The zero-order valence-corrected chi connectivity index (χ0v) is 9.14. The van der Waals surface area contributed by atoms with Gasteiger partial charge in [-0.05, 0) is 6.07 Å². The van der Waals surface area contributed by atoms with Gasteiger partial charge in [0.25, 0.3) is 0 Å². The fourth-order valence-corrected chi connectivity index (χ4v) is 1.45. The molecule has 1 N–H and O–H groups in total. The molecule has 86 valence electrons. The largest absolute Gasteiger partial charge is 0.481 e. The Morgan fingerprint density at radius 1 is 1.69 bits per heavy atom. The summed E-state index contributed by atoms with van der Waals surface area (Å²) >= 11 is 5.60. The molecule has 1 atom stereocenters. The van der Waals surface area contributed by atoms with Crippen molar-refractivity contribution in [3.63, 3.8) is 0 Å². The number of aromatic nitrogens is 1. The molecule has 0 radical (unpaired) electrons. The zero-order chi connectivity index (χ0) is 12.3. The Labute approximate surface area is 96.0 Å². The maximum atomic E-state index is 10.5. The summed E-state index contributed by atoms with van der Waals surface area (Å²) in [6.45, 7) is 1.67. The van der Waals surface area contributed by atoms with Gasteiger partial charge in [-0.15, -0.1) is 0 Å². The minimum absolute atomic E-state index is 0.0961. The molecule has 1 heterocycles. The molecule has 0 saturated carbocycles. The third-order valence-electron chi connectivity index (χ3n) is 2.03. The van der Waals surface area contributed by atoms with E-state index >= 15 is 0 Å². The van der Waals surface area contributed by atoms with Gasteiger partial charge in [0, 0.05) is 17.7 Å². The number of carbonyl (C=O) groups is 1. The SMILES string of the molecule is CC(CC(=O)O)c1ccc([N+](=O)[O-])c(Cl)n1. The second-order valence-electron chi connectivity index (χ2n) is 3.30. The first-order valence-corrected chi connectivity index (χ1v) is 4.82. The van der Waals surface area contributed by atoms with Crippen LogP contribution in [0.4, 0.5) is 5.69 Å². The molecule has 1 rings (SSSR count). The van der Waals surface area contributed by atoms with Crippen molar-refractivity contribution in [1.82, 2.24) is 4.98 Å². The van der Waals surface area contributed by atoms with Gasteiger partial charge in [-0.3, -0.25) is 14.9 Å². The van der Waals surface area contributed by atoms with Crippen LogP contribution in [0.25, 0.3) is 0 Å². The van der Waals surface area contributed by atoms with Crippen LogP contribution in [-0.4, -0.2) is 21.0 Å². The van der Waals surface area contributed by atoms with Crippen LogP contribution in [0.15, 0.2) is 12.1 Å². The van der Waals surface area contributed by atoms with Crippen LogP contribution in [0.1, 0.15) is 25.0 Å². The molecule has 1 unspecified atom stereocenters. The van der Waals surface area contributed by atoms with Gasteiger partial charge in [0.2, 0.25) is 5.15 Å². The van der Waals surface area contributed by atoms with Crippen LogP contribution in [0.2, 0.25) is 5.15 Å². The molecule has 0 bridgehead atoms. The molecule has 0 spiro atoms. The number of nitro groups is 1. The van der Waals surface area contributed by atoms with Gasteiger partial charge in [-0.25, -0.2) is 4.98 Å². The molecule has 16 heavy (non-hydrogen) atoms. The van der Waals surface area contributed by atoms with Crippen LogP contribution in [-0.2, 0) is 4.79 Å². The van der Waals surface area contributed by atoms with E-state index in [1.807, 2.05) is 0 Å². The van der Waals surface area contributed by atoms with Gasteiger partial charge in [0.1, 0.15) is 0 Å². The van der Waals surface area contributed by atoms with Crippen molar-refractivity contribution in [1.29, 1.82) is 0 Å². The van der Waals surface area contributed by atoms with Gasteiger partial charge in [0.15, 0.2) is 0 Å². The second-order valence-corrected chi connectivity index (χ2v) is 3.66. The third-order valence-corrected chi connectivity index (χ3v) is 2.31. The summed E-state index contributed by atoms with van der Waals surface area (Å²) in [5.74, 6) is -1.29. The summed E-state index contributed by atoms with van der Waals surface area (Å²) < 4.78 is 0. The summed E-state index contributed by atoms with van der Waals surface area (Å²) in [4.78, 5) is 24.1. The molecular formula is C9H9ClN2O4. The highest BCUT2D eigenvalue weighted by atomic mass is 35.5. The first-order valence-electron chi connectivity index (χ1n) is 4.44. The average molecular weight is 245 g/mol. The van der Waals surface area contributed by atoms with E-state index < -0.39 is 10.9 Å². The number of hydrogen-bond acceptors (Lipinski definition) is 4. The third kappa shape index (κ3) is 2.90. The van der Waals surface area contributed by atoms with E-state index in [9.17, 15) is 14.9 Å². The summed E-state index contributed by atoms with van der Waals surface area (Å²) in [5, 5.41) is 18.8. The van der Waals surface area contributed by atoms with Crippen LogP contribution in [0.5, 0.6) is 0 Å². The minimum Gasteiger partial charge on any atom is -0.481 e. The van der Waals surface area contributed by atoms with E-state index in [-0.39, 0.29) is 23.2 Å². The number of carboxylic acid groups (broad SMARTS) is 1. The molecule has 0 amide bonds. The maximum Gasteiger partial charge on any atom is 0.306 e. The van der Waals surface area contributed by atoms with E-state index in [1.54, 1.807) is 6.92 Å². The number of halogens is 1. The zero-order valence-electron chi connectivity index (χ0n) is 8.38. The molecule has 0 aliphatic heterocycles. The predicted octanol–water partition coefficient (Wildman–Crippen LogP) is 2.22. The number of rotatable bonds is 4. The van der Waals surface area contributed by atoms with Crippen molar-refractivity contribution < 1.29 is 14.8 Å². The first-order chi connectivity index (χ1) is 7.41. The molecule has 1 aromatic rings. The minimum atomic E-state index is -0.955. The highest BCUT2D eigenvalue weighted by molar-refractivity contribution is 6.31. The van der Waals surface area contributed by atoms with Crippen molar-refractivity contribution in [2.75, 3.05) is 0 Å². The number of carboxylic acids is 1. The van der Waals surface area contributed by atoms with Crippen molar-refractivity contribution in [3.05, 3.63) is 33.1 Å². The predicted molar refractivity (Wildman–Crippen MR) is 56.6 cm³/mol. The van der Waals surface area contributed by atoms with Crippen LogP contribution in [0.3, 0.4) is 0 Å². The van der Waals surface area contributed by atoms with Crippen molar-refractivity contribution in [3.8, 4) is 0 Å². The smallest absolute Gasteiger partial charge is 0.306 e. The van der Waals surface area contributed by atoms with E-state index in [4.69, 9.17) is 16.7 Å². The molecule has 6 nitrogen and oxygen atoms in total. The van der Waals surface area contributed by atoms with Gasteiger partial charge >= 0.3 is 11.7 Å². The highest BCUT2D eigenvalue weighted by Gasteiger charge is 2.17. The van der Waals surface area contributed by atoms with Gasteiger partial charge < -0.3 is 5.11 Å². The Morgan fingerprint density at radius 2 is 2.31 bits per heavy atom. The summed E-state index contributed by atoms with van der Waals surface area (Å²) in [7, 11) is 0. The number of nitrogens with zero attached hydrogens (tertiary/aromatic N) is 2. The number of pyridine rings is 1. The maximum absolute atomic E-state index is 10.5. The molecule has 7 heteroatoms. The van der Waals surface area contributed by atoms with Gasteiger partial charge in [-0.1, -0.05) is 18.5 Å². The summed E-state index contributed by atoms with van der Waals surface area (Å²) in [6.07, 6.45) is -0.0961. The quantitative estimate of drug-likeness (QED) is 0.498.